The minimum Gasteiger partial charge on any atom is -0.283 e. The summed E-state index contributed by atoms with van der Waals surface area (Å²) in [4.78, 5) is 17.9. The largest absolute Gasteiger partial charge is 0.283 e. The molecule has 96 valence electrons. The first-order valence-corrected chi connectivity index (χ1v) is 6.09. The zero-order valence-electron chi connectivity index (χ0n) is 10.3. The van der Waals surface area contributed by atoms with Crippen LogP contribution in [0.5, 0.6) is 0 Å². The number of carbonyl (C=O) groups excluding carboxylic acids is 1. The van der Waals surface area contributed by atoms with E-state index in [1.807, 2.05) is 12.1 Å². The maximum Gasteiger partial charge on any atom is 0.266 e. The van der Waals surface area contributed by atoms with E-state index < -0.39 is 0 Å². The molecular formula is C14H9N5O. The molecule has 4 rings (SSSR count). The van der Waals surface area contributed by atoms with Gasteiger partial charge in [0.15, 0.2) is 11.5 Å². The number of rotatable bonds is 1. The van der Waals surface area contributed by atoms with Gasteiger partial charge in [0, 0.05) is 11.8 Å². The maximum absolute atomic E-state index is 12.5. The van der Waals surface area contributed by atoms with Crippen LogP contribution in [0.15, 0.2) is 42.6 Å². The molecule has 0 saturated carbocycles. The molecule has 3 heterocycles. The zero-order chi connectivity index (χ0) is 13.7. The Labute approximate surface area is 113 Å². The van der Waals surface area contributed by atoms with E-state index in [1.165, 1.54) is 4.90 Å². The van der Waals surface area contributed by atoms with Crippen molar-refractivity contribution in [3.8, 4) is 0 Å². The van der Waals surface area contributed by atoms with Crippen LogP contribution in [0.25, 0.3) is 11.0 Å². The molecule has 6 heteroatoms. The van der Waals surface area contributed by atoms with E-state index in [1.54, 1.807) is 30.5 Å². The number of pyridine rings is 1. The van der Waals surface area contributed by atoms with E-state index in [-0.39, 0.29) is 11.7 Å². The summed E-state index contributed by atoms with van der Waals surface area (Å²) in [5.74, 6) is 0.324. The van der Waals surface area contributed by atoms with E-state index in [2.05, 4.69) is 15.2 Å². The van der Waals surface area contributed by atoms with Crippen molar-refractivity contribution in [1.82, 2.24) is 15.2 Å². The van der Waals surface area contributed by atoms with Gasteiger partial charge in [-0.25, -0.2) is 9.88 Å². The van der Waals surface area contributed by atoms with Crippen LogP contribution in [0.2, 0.25) is 0 Å². The number of aromatic amines is 1. The van der Waals surface area contributed by atoms with E-state index in [9.17, 15) is 4.79 Å². The predicted octanol–water partition coefficient (Wildman–Crippen LogP) is 1.94. The van der Waals surface area contributed by atoms with E-state index in [0.29, 0.717) is 22.6 Å². The van der Waals surface area contributed by atoms with Gasteiger partial charge in [0.25, 0.3) is 5.91 Å². The highest BCUT2D eigenvalue weighted by Gasteiger charge is 2.35. The monoisotopic (exact) mass is 263 g/mol. The van der Waals surface area contributed by atoms with Gasteiger partial charge in [-0.3, -0.25) is 15.3 Å². The molecule has 1 aromatic carbocycles. The smallest absolute Gasteiger partial charge is 0.266 e. The fourth-order valence-electron chi connectivity index (χ4n) is 2.43. The molecule has 0 bridgehead atoms. The lowest BCUT2D eigenvalue weighted by Gasteiger charge is -2.12. The third-order valence-corrected chi connectivity index (χ3v) is 3.37. The number of anilines is 1. The summed E-state index contributed by atoms with van der Waals surface area (Å²) in [7, 11) is 0. The summed E-state index contributed by atoms with van der Waals surface area (Å²) < 4.78 is 0. The maximum atomic E-state index is 12.5. The predicted molar refractivity (Wildman–Crippen MR) is 74.0 cm³/mol. The lowest BCUT2D eigenvalue weighted by Crippen LogP contribution is -2.29. The van der Waals surface area contributed by atoms with Gasteiger partial charge in [-0.2, -0.15) is 5.10 Å². The summed E-state index contributed by atoms with van der Waals surface area (Å²) in [6.07, 6.45) is 1.65. The van der Waals surface area contributed by atoms with Crippen LogP contribution >= 0.6 is 0 Å². The van der Waals surface area contributed by atoms with E-state index in [0.717, 1.165) is 5.39 Å². The molecule has 0 radical (unpaired) electrons. The minimum atomic E-state index is -0.233. The van der Waals surface area contributed by atoms with Gasteiger partial charge in [-0.15, -0.1) is 0 Å². The van der Waals surface area contributed by atoms with Crippen molar-refractivity contribution in [2.45, 2.75) is 0 Å². The number of H-pyrrole nitrogens is 1. The van der Waals surface area contributed by atoms with E-state index >= 15 is 0 Å². The molecule has 0 unspecified atom stereocenters. The highest BCUT2D eigenvalue weighted by atomic mass is 16.2. The number of aromatic nitrogens is 3. The van der Waals surface area contributed by atoms with Gasteiger partial charge in [0.1, 0.15) is 5.84 Å². The number of benzene rings is 1. The molecule has 1 aliphatic heterocycles. The quantitative estimate of drug-likeness (QED) is 0.703. The number of nitrogens with one attached hydrogen (secondary N) is 2. The van der Waals surface area contributed by atoms with Crippen molar-refractivity contribution in [3.05, 3.63) is 53.7 Å². The Morgan fingerprint density at radius 2 is 1.90 bits per heavy atom. The minimum absolute atomic E-state index is 0.142. The van der Waals surface area contributed by atoms with Crippen LogP contribution in [0, 0.1) is 5.41 Å². The van der Waals surface area contributed by atoms with Gasteiger partial charge in [-0.05, 0) is 18.2 Å². The first-order chi connectivity index (χ1) is 9.77. The fourth-order valence-corrected chi connectivity index (χ4v) is 2.43. The standard InChI is InChI=1S/C14H9N5O/c15-11-8-4-1-2-5-9(8)14(20)19(11)13-10-6-3-7-16-12(10)17-18-13/h1-7,15H,(H,16,17,18). The second-order valence-electron chi connectivity index (χ2n) is 4.48. The van der Waals surface area contributed by atoms with Gasteiger partial charge in [0.2, 0.25) is 0 Å². The van der Waals surface area contributed by atoms with Crippen LogP contribution in [0.1, 0.15) is 15.9 Å². The molecule has 1 aliphatic rings. The number of hydrogen-bond donors (Lipinski definition) is 2. The summed E-state index contributed by atoms with van der Waals surface area (Å²) in [5, 5.41) is 15.8. The number of carbonyl (C=O) groups is 1. The topological polar surface area (TPSA) is 85.7 Å². The third kappa shape index (κ3) is 1.27. The highest BCUT2D eigenvalue weighted by Crippen LogP contribution is 2.30. The highest BCUT2D eigenvalue weighted by molar-refractivity contribution is 6.36. The summed E-state index contributed by atoms with van der Waals surface area (Å²) in [5.41, 5.74) is 1.74. The average molecular weight is 263 g/mol. The van der Waals surface area contributed by atoms with Gasteiger partial charge in [-0.1, -0.05) is 18.2 Å². The Morgan fingerprint density at radius 3 is 2.70 bits per heavy atom. The Hall–Kier alpha value is -3.02. The van der Waals surface area contributed by atoms with Crippen LogP contribution < -0.4 is 4.90 Å². The third-order valence-electron chi connectivity index (χ3n) is 3.37. The number of nitrogens with zero attached hydrogens (tertiary/aromatic N) is 3. The first-order valence-electron chi connectivity index (χ1n) is 6.09. The van der Waals surface area contributed by atoms with Crippen molar-refractivity contribution in [2.24, 2.45) is 0 Å². The van der Waals surface area contributed by atoms with Crippen LogP contribution in [-0.2, 0) is 0 Å². The first kappa shape index (κ1) is 10.9. The lowest BCUT2D eigenvalue weighted by atomic mass is 10.1. The van der Waals surface area contributed by atoms with Crippen molar-refractivity contribution in [1.29, 1.82) is 5.41 Å². The van der Waals surface area contributed by atoms with Crippen molar-refractivity contribution in [3.63, 3.8) is 0 Å². The van der Waals surface area contributed by atoms with Crippen molar-refractivity contribution in [2.75, 3.05) is 4.90 Å². The number of fused-ring (bicyclic) bond motifs is 2. The van der Waals surface area contributed by atoms with Crippen LogP contribution in [-0.4, -0.2) is 26.9 Å². The molecule has 2 N–H and O–H groups in total. The van der Waals surface area contributed by atoms with E-state index in [4.69, 9.17) is 5.41 Å². The Kier molecular flexibility index (Phi) is 2.03. The van der Waals surface area contributed by atoms with Gasteiger partial charge < -0.3 is 0 Å². The fraction of sp³-hybridized carbons (Fsp3) is 0. The van der Waals surface area contributed by atoms with Gasteiger partial charge in [0.05, 0.1) is 10.9 Å². The van der Waals surface area contributed by atoms with Crippen molar-refractivity contribution < 1.29 is 4.79 Å². The second kappa shape index (κ2) is 3.74. The molecule has 0 spiro atoms. The average Bonchev–Trinajstić information content (AvgIpc) is 3.01. The number of amides is 1. The zero-order valence-corrected chi connectivity index (χ0v) is 10.3. The molecule has 3 aromatic rings. The molecule has 1 amide bonds. The molecule has 2 aromatic heterocycles. The summed E-state index contributed by atoms with van der Waals surface area (Å²) >= 11 is 0. The van der Waals surface area contributed by atoms with Gasteiger partial charge >= 0.3 is 0 Å². The summed E-state index contributed by atoms with van der Waals surface area (Å²) in [6.45, 7) is 0. The normalized spacial score (nSPS) is 14.1. The molecule has 0 aliphatic carbocycles. The molecule has 0 atom stereocenters. The van der Waals surface area contributed by atoms with Crippen molar-refractivity contribution >= 4 is 28.6 Å². The molecule has 0 fully saturated rings. The van der Waals surface area contributed by atoms with Crippen LogP contribution in [0.4, 0.5) is 5.82 Å². The Bertz CT molecular complexity index is 832. The molecule has 0 saturated heterocycles. The molecule has 6 nitrogen and oxygen atoms in total. The van der Waals surface area contributed by atoms with Crippen LogP contribution in [0.3, 0.4) is 0 Å². The lowest BCUT2D eigenvalue weighted by molar-refractivity contribution is 0.101. The summed E-state index contributed by atoms with van der Waals surface area (Å²) in [6, 6.07) is 10.7. The number of amidine groups is 1. The Balaban J connectivity index is 1.93. The molecule has 20 heavy (non-hydrogen) atoms. The molecular weight excluding hydrogens is 254 g/mol. The number of hydrogen-bond acceptors (Lipinski definition) is 4. The second-order valence-corrected chi connectivity index (χ2v) is 4.48. The Morgan fingerprint density at radius 1 is 1.10 bits per heavy atom. The SMILES string of the molecule is N=C1c2ccccc2C(=O)N1c1n[nH]c2ncccc12.